The number of benzene rings is 2. The molecule has 0 saturated carbocycles. The molecule has 2 aliphatic rings. The summed E-state index contributed by atoms with van der Waals surface area (Å²) < 4.78 is 30.0. The summed E-state index contributed by atoms with van der Waals surface area (Å²) in [7, 11) is 1.41. The fourth-order valence-corrected chi connectivity index (χ4v) is 4.63. The summed E-state index contributed by atoms with van der Waals surface area (Å²) in [5.74, 6) is -1.73. The van der Waals surface area contributed by atoms with Gasteiger partial charge in [0.25, 0.3) is 5.91 Å². The maximum absolute atomic E-state index is 13.9. The smallest absolute Gasteiger partial charge is 0.408 e. The molecule has 0 radical (unpaired) electrons. The van der Waals surface area contributed by atoms with E-state index in [-0.39, 0.29) is 62.6 Å². The Morgan fingerprint density at radius 1 is 1.15 bits per heavy atom. The lowest BCUT2D eigenvalue weighted by Crippen LogP contribution is -2.53. The van der Waals surface area contributed by atoms with E-state index in [4.69, 9.17) is 14.2 Å². The van der Waals surface area contributed by atoms with Gasteiger partial charge in [-0.1, -0.05) is 30.3 Å². The van der Waals surface area contributed by atoms with Gasteiger partial charge in [-0.05, 0) is 36.6 Å². The number of fused-ring (bicyclic) bond motifs is 2. The molecule has 3 atom stereocenters. The van der Waals surface area contributed by atoms with Crippen LogP contribution >= 0.6 is 0 Å². The van der Waals surface area contributed by atoms with Crippen molar-refractivity contribution in [2.75, 3.05) is 33.4 Å². The number of hydrogen-bond donors (Lipinski definition) is 3. The molecule has 4 rings (SSSR count). The fraction of sp³-hybridized carbons (Fsp3) is 0.407. The predicted molar refractivity (Wildman–Crippen MR) is 136 cm³/mol. The maximum atomic E-state index is 13.9. The van der Waals surface area contributed by atoms with Crippen LogP contribution in [0.4, 0.5) is 9.18 Å². The fourth-order valence-electron chi connectivity index (χ4n) is 4.63. The van der Waals surface area contributed by atoms with E-state index in [1.54, 1.807) is 17.0 Å². The summed E-state index contributed by atoms with van der Waals surface area (Å²) in [5.41, 5.74) is 0.797. The van der Waals surface area contributed by atoms with Crippen molar-refractivity contribution in [2.45, 2.75) is 37.6 Å². The van der Waals surface area contributed by atoms with Crippen LogP contribution in [0.15, 0.2) is 48.5 Å². The quantitative estimate of drug-likeness (QED) is 0.502. The molecule has 1 fully saturated rings. The Balaban J connectivity index is 1.53. The lowest BCUT2D eigenvalue weighted by molar-refractivity contribution is -0.135. The number of methoxy groups -OCH3 is 1. The number of ether oxygens (including phenoxy) is 3. The average molecular weight is 543 g/mol. The van der Waals surface area contributed by atoms with Gasteiger partial charge in [-0.15, -0.1) is 0 Å². The van der Waals surface area contributed by atoms with Crippen LogP contribution in [-0.2, 0) is 25.7 Å². The van der Waals surface area contributed by atoms with Gasteiger partial charge in [0.2, 0.25) is 11.8 Å². The first-order valence-electron chi connectivity index (χ1n) is 12.6. The van der Waals surface area contributed by atoms with Crippen molar-refractivity contribution in [2.24, 2.45) is 0 Å². The van der Waals surface area contributed by atoms with Gasteiger partial charge in [0, 0.05) is 26.2 Å². The van der Waals surface area contributed by atoms with E-state index in [1.165, 1.54) is 19.2 Å². The SMILES string of the molecule is COCC(=O)N[C@H]1C[C@H]2COc3ccc(F)cc3C(=O)NCC[C@H](NC(=O)OCc3ccccc3)C(=O)N2C1. The summed E-state index contributed by atoms with van der Waals surface area (Å²) >= 11 is 0. The van der Waals surface area contributed by atoms with Crippen molar-refractivity contribution in [3.05, 3.63) is 65.5 Å². The third kappa shape index (κ3) is 7.44. The molecule has 2 aliphatic heterocycles. The predicted octanol–water partition coefficient (Wildman–Crippen LogP) is 1.37. The van der Waals surface area contributed by atoms with Gasteiger partial charge >= 0.3 is 6.09 Å². The molecule has 12 heteroatoms. The molecule has 11 nitrogen and oxygen atoms in total. The molecule has 0 unspecified atom stereocenters. The molecule has 4 amide bonds. The number of carbonyl (C=O) groups is 4. The molecule has 2 aromatic carbocycles. The lowest BCUT2D eigenvalue weighted by Gasteiger charge is -2.30. The maximum Gasteiger partial charge on any atom is 0.408 e. The first-order chi connectivity index (χ1) is 18.8. The number of hydrogen-bond acceptors (Lipinski definition) is 7. The molecule has 1 saturated heterocycles. The molecule has 39 heavy (non-hydrogen) atoms. The van der Waals surface area contributed by atoms with E-state index in [0.717, 1.165) is 11.6 Å². The number of nitrogens with one attached hydrogen (secondary N) is 3. The second-order valence-corrected chi connectivity index (χ2v) is 9.33. The number of alkyl carbamates (subject to hydrolysis) is 1. The zero-order chi connectivity index (χ0) is 27.8. The van der Waals surface area contributed by atoms with Crippen molar-refractivity contribution in [3.8, 4) is 5.75 Å². The standard InChI is InChI=1S/C27H31FN4O7/c1-37-16-24(33)30-19-12-20-15-38-23-8-7-18(28)11-21(23)25(34)29-10-9-22(26(35)32(20)13-19)31-27(36)39-14-17-5-3-2-4-6-17/h2-8,11,19-20,22H,9-10,12-16H2,1H3,(H,29,34)(H,30,33)(H,31,36)/t19-,20-,22-/m0/s1. The number of rotatable bonds is 6. The lowest BCUT2D eigenvalue weighted by atomic mass is 10.1. The van der Waals surface area contributed by atoms with Crippen LogP contribution in [0.1, 0.15) is 28.8 Å². The van der Waals surface area contributed by atoms with Crippen LogP contribution in [0, 0.1) is 5.82 Å². The second kappa shape index (κ2) is 13.1. The minimum Gasteiger partial charge on any atom is -0.491 e. The molecule has 3 N–H and O–H groups in total. The highest BCUT2D eigenvalue weighted by Gasteiger charge is 2.40. The molecular formula is C27H31FN4O7. The Morgan fingerprint density at radius 3 is 2.72 bits per heavy atom. The minimum atomic E-state index is -1.03. The number of halogens is 1. The van der Waals surface area contributed by atoms with Crippen molar-refractivity contribution in [3.63, 3.8) is 0 Å². The Morgan fingerprint density at radius 2 is 1.95 bits per heavy atom. The highest BCUT2D eigenvalue weighted by atomic mass is 19.1. The highest BCUT2D eigenvalue weighted by molar-refractivity contribution is 5.97. The van der Waals surface area contributed by atoms with E-state index in [0.29, 0.717) is 6.42 Å². The Bertz CT molecular complexity index is 1200. The summed E-state index contributed by atoms with van der Waals surface area (Å²) in [6.45, 7) is 0.0640. The number of carbonyl (C=O) groups excluding carboxylic acids is 4. The Labute approximate surface area is 225 Å². The van der Waals surface area contributed by atoms with Gasteiger partial charge in [-0.25, -0.2) is 9.18 Å². The zero-order valence-electron chi connectivity index (χ0n) is 21.5. The molecule has 0 bridgehead atoms. The number of amides is 4. The first-order valence-corrected chi connectivity index (χ1v) is 12.6. The molecular weight excluding hydrogens is 511 g/mol. The van der Waals surface area contributed by atoms with E-state index in [9.17, 15) is 23.6 Å². The largest absolute Gasteiger partial charge is 0.491 e. The molecule has 0 aliphatic carbocycles. The number of nitrogens with zero attached hydrogens (tertiary/aromatic N) is 1. The first kappa shape index (κ1) is 27.8. The Hall–Kier alpha value is -4.19. The van der Waals surface area contributed by atoms with E-state index in [1.807, 2.05) is 18.2 Å². The summed E-state index contributed by atoms with van der Waals surface area (Å²) in [6.07, 6.45) is -0.366. The third-order valence-corrected chi connectivity index (χ3v) is 6.48. The monoisotopic (exact) mass is 542 g/mol. The molecule has 208 valence electrons. The van der Waals surface area contributed by atoms with Crippen LogP contribution in [0.25, 0.3) is 0 Å². The van der Waals surface area contributed by atoms with E-state index in [2.05, 4.69) is 16.0 Å². The molecule has 0 aromatic heterocycles. The third-order valence-electron chi connectivity index (χ3n) is 6.48. The van der Waals surface area contributed by atoms with Gasteiger partial charge < -0.3 is 35.1 Å². The van der Waals surface area contributed by atoms with Crippen LogP contribution in [0.5, 0.6) is 5.75 Å². The van der Waals surface area contributed by atoms with Crippen LogP contribution in [0.3, 0.4) is 0 Å². The van der Waals surface area contributed by atoms with Crippen molar-refractivity contribution < 1.29 is 37.8 Å². The molecule has 2 aromatic rings. The van der Waals surface area contributed by atoms with Gasteiger partial charge in [0.15, 0.2) is 0 Å². The van der Waals surface area contributed by atoms with Crippen molar-refractivity contribution in [1.82, 2.24) is 20.9 Å². The van der Waals surface area contributed by atoms with Gasteiger partial charge in [-0.2, -0.15) is 0 Å². The van der Waals surface area contributed by atoms with E-state index >= 15 is 0 Å². The molecule has 0 spiro atoms. The van der Waals surface area contributed by atoms with Crippen molar-refractivity contribution >= 4 is 23.8 Å². The second-order valence-electron chi connectivity index (χ2n) is 9.33. The minimum absolute atomic E-state index is 0.0106. The van der Waals surface area contributed by atoms with Crippen LogP contribution in [0.2, 0.25) is 0 Å². The highest BCUT2D eigenvalue weighted by Crippen LogP contribution is 2.25. The van der Waals surface area contributed by atoms with Gasteiger partial charge in [0.1, 0.15) is 37.4 Å². The van der Waals surface area contributed by atoms with Gasteiger partial charge in [0.05, 0.1) is 11.6 Å². The average Bonchev–Trinajstić information content (AvgIpc) is 3.32. The zero-order valence-corrected chi connectivity index (χ0v) is 21.5. The summed E-state index contributed by atoms with van der Waals surface area (Å²) in [4.78, 5) is 52.8. The normalized spacial score (nSPS) is 21.3. The molecule has 2 heterocycles. The van der Waals surface area contributed by atoms with Crippen LogP contribution < -0.4 is 20.7 Å². The summed E-state index contributed by atoms with van der Waals surface area (Å²) in [6, 6.07) is 10.8. The van der Waals surface area contributed by atoms with E-state index < -0.39 is 35.8 Å². The van der Waals surface area contributed by atoms with Gasteiger partial charge in [-0.3, -0.25) is 14.4 Å². The summed E-state index contributed by atoms with van der Waals surface area (Å²) in [5, 5.41) is 8.11. The van der Waals surface area contributed by atoms with Crippen LogP contribution in [-0.4, -0.2) is 80.3 Å². The Kier molecular flexibility index (Phi) is 9.31. The topological polar surface area (TPSA) is 135 Å². The van der Waals surface area contributed by atoms with Crippen molar-refractivity contribution in [1.29, 1.82) is 0 Å².